The highest BCUT2D eigenvalue weighted by atomic mass is 32.2. The monoisotopic (exact) mass is 496 g/mol. The number of hydrogen-bond acceptors (Lipinski definition) is 5. The molecule has 2 aromatic carbocycles. The van der Waals surface area contributed by atoms with Crippen LogP contribution in [0.2, 0.25) is 0 Å². The van der Waals surface area contributed by atoms with Crippen molar-refractivity contribution in [2.45, 2.75) is 50.9 Å². The zero-order valence-corrected chi connectivity index (χ0v) is 21.3. The molecule has 1 N–H and O–H groups in total. The highest BCUT2D eigenvalue weighted by Gasteiger charge is 2.30. The van der Waals surface area contributed by atoms with Crippen molar-refractivity contribution in [1.29, 1.82) is 5.26 Å². The van der Waals surface area contributed by atoms with Gasteiger partial charge in [-0.3, -0.25) is 4.79 Å². The van der Waals surface area contributed by atoms with E-state index >= 15 is 0 Å². The lowest BCUT2D eigenvalue weighted by atomic mass is 10.2. The van der Waals surface area contributed by atoms with Crippen molar-refractivity contribution < 1.29 is 4.79 Å². The third-order valence-corrected chi connectivity index (χ3v) is 7.55. The van der Waals surface area contributed by atoms with Crippen LogP contribution in [0.15, 0.2) is 65.8 Å². The molecule has 0 bridgehead atoms. The van der Waals surface area contributed by atoms with Gasteiger partial charge in [-0.25, -0.2) is 0 Å². The average Bonchev–Trinajstić information content (AvgIpc) is 3.63. The summed E-state index contributed by atoms with van der Waals surface area (Å²) in [6.45, 7) is 5.16. The number of amides is 1. The first kappa shape index (κ1) is 23.9. The van der Waals surface area contributed by atoms with Crippen LogP contribution >= 0.6 is 11.8 Å². The summed E-state index contributed by atoms with van der Waals surface area (Å²) in [4.78, 5) is 13.1. The largest absolute Gasteiger partial charge is 0.326 e. The van der Waals surface area contributed by atoms with Crippen molar-refractivity contribution >= 4 is 23.5 Å². The number of nitrogens with one attached hydrogen (secondary N) is 1. The van der Waals surface area contributed by atoms with Crippen LogP contribution in [-0.4, -0.2) is 31.0 Å². The Hall–Kier alpha value is -3.83. The van der Waals surface area contributed by atoms with Gasteiger partial charge >= 0.3 is 0 Å². The lowest BCUT2D eigenvalue weighted by molar-refractivity contribution is -0.113. The second-order valence-corrected chi connectivity index (χ2v) is 10.1. The molecule has 0 radical (unpaired) electrons. The number of nitrogens with zero attached hydrogens (tertiary/aromatic N) is 5. The molecule has 7 nitrogen and oxygen atoms in total. The molecule has 1 fully saturated rings. The molecule has 182 valence electrons. The molecule has 0 aliphatic heterocycles. The van der Waals surface area contributed by atoms with Crippen molar-refractivity contribution in [1.82, 2.24) is 19.3 Å². The van der Waals surface area contributed by atoms with E-state index in [2.05, 4.69) is 38.3 Å². The second kappa shape index (κ2) is 10.4. The predicted octanol–water partition coefficient (Wildman–Crippen LogP) is 5.27. The van der Waals surface area contributed by atoms with Gasteiger partial charge in [-0.05, 0) is 43.4 Å². The fourth-order valence-electron chi connectivity index (χ4n) is 4.36. The molecular formula is C28H28N6OS. The number of benzene rings is 2. The highest BCUT2D eigenvalue weighted by molar-refractivity contribution is 7.99. The lowest BCUT2D eigenvalue weighted by Gasteiger charge is -2.13. The Morgan fingerprint density at radius 2 is 1.61 bits per heavy atom. The fraction of sp³-hybridized carbons (Fsp3) is 0.286. The third kappa shape index (κ3) is 5.07. The van der Waals surface area contributed by atoms with Gasteiger partial charge in [0.05, 0.1) is 17.9 Å². The highest BCUT2D eigenvalue weighted by Crippen LogP contribution is 2.40. The van der Waals surface area contributed by atoms with E-state index in [0.717, 1.165) is 40.6 Å². The van der Waals surface area contributed by atoms with E-state index in [9.17, 15) is 10.1 Å². The molecule has 2 aromatic heterocycles. The molecule has 1 aliphatic carbocycles. The van der Waals surface area contributed by atoms with Crippen LogP contribution < -0.4 is 5.32 Å². The molecule has 0 spiro atoms. The minimum atomic E-state index is -0.175. The number of rotatable bonds is 9. The van der Waals surface area contributed by atoms with E-state index in [1.807, 2.05) is 66.9 Å². The Morgan fingerprint density at radius 3 is 2.19 bits per heavy atom. The molecule has 8 heteroatoms. The van der Waals surface area contributed by atoms with Crippen LogP contribution in [0.4, 0.5) is 5.82 Å². The SMILES string of the molecule is Cc1c(C#N)c(NC(=O)CSc2nnc(C3CC3)n2Cc2ccccc2)n(Cc2ccccc2)c1C. The molecule has 1 amide bonds. The normalized spacial score (nSPS) is 12.9. The van der Waals surface area contributed by atoms with Gasteiger partial charge in [-0.15, -0.1) is 10.2 Å². The van der Waals surface area contributed by atoms with Gasteiger partial charge in [-0.2, -0.15) is 5.26 Å². The number of carbonyl (C=O) groups excluding carboxylic acids is 1. The van der Waals surface area contributed by atoms with Crippen molar-refractivity contribution in [2.24, 2.45) is 0 Å². The molecule has 0 unspecified atom stereocenters. The van der Waals surface area contributed by atoms with E-state index in [-0.39, 0.29) is 11.7 Å². The number of nitriles is 1. The third-order valence-electron chi connectivity index (χ3n) is 6.59. The maximum atomic E-state index is 13.1. The Labute approximate surface area is 215 Å². The molecule has 5 rings (SSSR count). The Kier molecular flexibility index (Phi) is 6.92. The fourth-order valence-corrected chi connectivity index (χ4v) is 5.10. The standard InChI is InChI=1S/C28H28N6OS/c1-19-20(2)33(16-21-9-5-3-6-10-21)27(24(19)15-29)30-25(35)18-36-28-32-31-26(23-13-14-23)34(28)17-22-11-7-4-8-12-22/h3-12,23H,13-14,16-18H2,1-2H3,(H,30,35). The first-order chi connectivity index (χ1) is 17.5. The van der Waals surface area contributed by atoms with Crippen LogP contribution in [0, 0.1) is 25.2 Å². The summed E-state index contributed by atoms with van der Waals surface area (Å²) >= 11 is 1.38. The van der Waals surface area contributed by atoms with Gasteiger partial charge in [0.2, 0.25) is 5.91 Å². The Bertz CT molecular complexity index is 1410. The van der Waals surface area contributed by atoms with E-state index in [1.54, 1.807) is 0 Å². The quantitative estimate of drug-likeness (QED) is 0.319. The maximum Gasteiger partial charge on any atom is 0.235 e. The van der Waals surface area contributed by atoms with E-state index in [1.165, 1.54) is 17.3 Å². The van der Waals surface area contributed by atoms with Gasteiger partial charge in [-0.1, -0.05) is 72.4 Å². The van der Waals surface area contributed by atoms with Crippen molar-refractivity contribution in [3.63, 3.8) is 0 Å². The molecule has 36 heavy (non-hydrogen) atoms. The molecule has 1 aliphatic rings. The van der Waals surface area contributed by atoms with Crippen LogP contribution in [-0.2, 0) is 17.9 Å². The smallest absolute Gasteiger partial charge is 0.235 e. The summed E-state index contributed by atoms with van der Waals surface area (Å²) < 4.78 is 4.15. The first-order valence-electron chi connectivity index (χ1n) is 12.1. The van der Waals surface area contributed by atoms with E-state index in [0.29, 0.717) is 30.4 Å². The molecule has 0 atom stereocenters. The summed E-state index contributed by atoms with van der Waals surface area (Å²) in [5.41, 5.74) is 4.63. The summed E-state index contributed by atoms with van der Waals surface area (Å²) in [7, 11) is 0. The summed E-state index contributed by atoms with van der Waals surface area (Å²) in [5.74, 6) is 2.00. The molecule has 0 saturated heterocycles. The minimum Gasteiger partial charge on any atom is -0.326 e. The molecule has 2 heterocycles. The van der Waals surface area contributed by atoms with Crippen molar-refractivity contribution in [2.75, 3.05) is 11.1 Å². The number of thioether (sulfide) groups is 1. The van der Waals surface area contributed by atoms with Gasteiger partial charge < -0.3 is 14.5 Å². The number of aromatic nitrogens is 4. The maximum absolute atomic E-state index is 13.1. The zero-order valence-electron chi connectivity index (χ0n) is 20.4. The summed E-state index contributed by atoms with van der Waals surface area (Å²) in [5, 5.41) is 22.4. The zero-order chi connectivity index (χ0) is 25.1. The van der Waals surface area contributed by atoms with Crippen molar-refractivity contribution in [3.05, 3.63) is 94.4 Å². The molecule has 4 aromatic rings. The lowest BCUT2D eigenvalue weighted by Crippen LogP contribution is -2.19. The van der Waals surface area contributed by atoms with Gasteiger partial charge in [0.25, 0.3) is 0 Å². The minimum absolute atomic E-state index is 0.175. The van der Waals surface area contributed by atoms with Crippen LogP contribution in [0.25, 0.3) is 0 Å². The average molecular weight is 497 g/mol. The van der Waals surface area contributed by atoms with Crippen LogP contribution in [0.5, 0.6) is 0 Å². The Morgan fingerprint density at radius 1 is 1.00 bits per heavy atom. The first-order valence-corrected chi connectivity index (χ1v) is 13.1. The molecular weight excluding hydrogens is 468 g/mol. The van der Waals surface area contributed by atoms with Gasteiger partial charge in [0, 0.05) is 18.2 Å². The number of carbonyl (C=O) groups is 1. The van der Waals surface area contributed by atoms with Crippen molar-refractivity contribution in [3.8, 4) is 6.07 Å². The van der Waals surface area contributed by atoms with Gasteiger partial charge in [0.1, 0.15) is 17.7 Å². The van der Waals surface area contributed by atoms with E-state index < -0.39 is 0 Å². The summed E-state index contributed by atoms with van der Waals surface area (Å²) in [6, 6.07) is 22.6. The molecule has 1 saturated carbocycles. The van der Waals surface area contributed by atoms with E-state index in [4.69, 9.17) is 0 Å². The second-order valence-electron chi connectivity index (χ2n) is 9.14. The number of hydrogen-bond donors (Lipinski definition) is 1. The van der Waals surface area contributed by atoms with Crippen LogP contribution in [0.3, 0.4) is 0 Å². The topological polar surface area (TPSA) is 88.5 Å². The summed E-state index contributed by atoms with van der Waals surface area (Å²) in [6.07, 6.45) is 2.26. The number of anilines is 1. The Balaban J connectivity index is 1.34. The van der Waals surface area contributed by atoms with Crippen LogP contribution in [0.1, 0.15) is 52.5 Å². The predicted molar refractivity (Wildman–Crippen MR) is 141 cm³/mol. The van der Waals surface area contributed by atoms with Gasteiger partial charge in [0.15, 0.2) is 5.16 Å².